The van der Waals surface area contributed by atoms with E-state index in [0.717, 1.165) is 40.2 Å². The maximum Gasteiger partial charge on any atom is 0.164 e. The first-order chi connectivity index (χ1) is 15.4. The molecule has 0 spiro atoms. The Labute approximate surface area is 191 Å². The molecule has 32 heavy (non-hydrogen) atoms. The topological polar surface area (TPSA) is 67.6 Å². The number of fused-ring (bicyclic) bond motifs is 3. The van der Waals surface area contributed by atoms with Gasteiger partial charge in [-0.3, -0.25) is 0 Å². The van der Waals surface area contributed by atoms with Gasteiger partial charge in [0, 0.05) is 23.2 Å². The molecule has 2 aromatic heterocycles. The molecule has 2 saturated heterocycles. The summed E-state index contributed by atoms with van der Waals surface area (Å²) in [5.74, 6) is -0.711. The lowest BCUT2D eigenvalue weighted by atomic mass is 9.94. The number of aryl methyl sites for hydroxylation is 2. The molecule has 3 aromatic rings. The maximum absolute atomic E-state index is 6.69. The summed E-state index contributed by atoms with van der Waals surface area (Å²) in [6.07, 6.45) is 3.90. The molecule has 7 nitrogen and oxygen atoms in total. The van der Waals surface area contributed by atoms with Crippen molar-refractivity contribution in [1.29, 1.82) is 0 Å². The van der Waals surface area contributed by atoms with Crippen LogP contribution in [0.5, 0.6) is 0 Å². The molecule has 0 aliphatic carbocycles. The Balaban J connectivity index is 1.42. The molecule has 0 unspecified atom stereocenters. The average Bonchev–Trinajstić information content (AvgIpc) is 3.35. The third-order valence-corrected chi connectivity index (χ3v) is 6.88. The van der Waals surface area contributed by atoms with Crippen molar-refractivity contribution >= 4 is 22.6 Å². The SMILES string of the molecule is Cc1ncnc2c1ccn2[C@@H]1O[C@H]([C@@H]2OCCCc3cc(Cl)ccc32)[C@H]2OC(C)(C)O[C@H]21. The van der Waals surface area contributed by atoms with Crippen LogP contribution < -0.4 is 0 Å². The van der Waals surface area contributed by atoms with E-state index in [-0.39, 0.29) is 30.6 Å². The molecule has 0 amide bonds. The Morgan fingerprint density at radius 1 is 1.09 bits per heavy atom. The number of hydrogen-bond acceptors (Lipinski definition) is 6. The molecule has 6 rings (SSSR count). The number of rotatable bonds is 2. The van der Waals surface area contributed by atoms with Crippen molar-refractivity contribution in [3.63, 3.8) is 0 Å². The second kappa shape index (κ2) is 7.50. The van der Waals surface area contributed by atoms with E-state index in [2.05, 4.69) is 16.0 Å². The van der Waals surface area contributed by atoms with Gasteiger partial charge < -0.3 is 23.5 Å². The standard InChI is InChI=1S/C24H26ClN3O4/c1-13-16-8-9-28(22(16)27-12-26-13)23-21-20(31-24(2,3)32-21)19(30-23)18-17-7-6-15(25)11-14(17)5-4-10-29-18/h6-9,11-12,18-21,23H,4-5,10H2,1-3H3/t18-,19-,20-,21-,23-/m1/s1. The number of ether oxygens (including phenoxy) is 4. The van der Waals surface area contributed by atoms with Crippen LogP contribution in [0.1, 0.15) is 49.4 Å². The highest BCUT2D eigenvalue weighted by Crippen LogP contribution is 2.48. The van der Waals surface area contributed by atoms with E-state index in [1.807, 2.05) is 49.7 Å². The van der Waals surface area contributed by atoms with E-state index in [9.17, 15) is 0 Å². The molecule has 3 aliphatic rings. The van der Waals surface area contributed by atoms with Crippen molar-refractivity contribution in [3.8, 4) is 0 Å². The first-order valence-corrected chi connectivity index (χ1v) is 11.5. The molecule has 0 bridgehead atoms. The molecular weight excluding hydrogens is 430 g/mol. The van der Waals surface area contributed by atoms with Crippen LogP contribution in [0.4, 0.5) is 0 Å². The highest BCUT2D eigenvalue weighted by atomic mass is 35.5. The molecule has 0 saturated carbocycles. The lowest BCUT2D eigenvalue weighted by Gasteiger charge is -2.29. The van der Waals surface area contributed by atoms with Crippen molar-refractivity contribution in [3.05, 3.63) is 58.6 Å². The van der Waals surface area contributed by atoms with Crippen LogP contribution in [-0.2, 0) is 25.4 Å². The Morgan fingerprint density at radius 3 is 2.81 bits per heavy atom. The fourth-order valence-corrected chi connectivity index (χ4v) is 5.48. The zero-order chi connectivity index (χ0) is 22.0. The normalized spacial score (nSPS) is 31.4. The summed E-state index contributed by atoms with van der Waals surface area (Å²) < 4.78 is 27.8. The highest BCUT2D eigenvalue weighted by molar-refractivity contribution is 6.30. The van der Waals surface area contributed by atoms with Crippen LogP contribution in [0.2, 0.25) is 5.02 Å². The van der Waals surface area contributed by atoms with Gasteiger partial charge >= 0.3 is 0 Å². The summed E-state index contributed by atoms with van der Waals surface area (Å²) in [5.41, 5.74) is 4.07. The molecule has 1 aromatic carbocycles. The third-order valence-electron chi connectivity index (χ3n) is 6.65. The molecular formula is C24H26ClN3O4. The Bertz CT molecular complexity index is 1180. The average molecular weight is 456 g/mol. The number of halogens is 1. The van der Waals surface area contributed by atoms with Crippen molar-refractivity contribution < 1.29 is 18.9 Å². The Morgan fingerprint density at radius 2 is 1.94 bits per heavy atom. The van der Waals surface area contributed by atoms with Gasteiger partial charge in [-0.2, -0.15) is 0 Å². The van der Waals surface area contributed by atoms with E-state index >= 15 is 0 Å². The molecule has 0 N–H and O–H groups in total. The van der Waals surface area contributed by atoms with Crippen LogP contribution in [0.15, 0.2) is 36.8 Å². The number of benzene rings is 1. The van der Waals surface area contributed by atoms with Crippen LogP contribution in [0, 0.1) is 6.92 Å². The smallest absolute Gasteiger partial charge is 0.164 e. The Hall–Kier alpha value is -2.03. The van der Waals surface area contributed by atoms with Crippen molar-refractivity contribution in [2.75, 3.05) is 6.61 Å². The molecule has 0 radical (unpaired) electrons. The Kier molecular flexibility index (Phi) is 4.82. The zero-order valence-electron chi connectivity index (χ0n) is 18.3. The van der Waals surface area contributed by atoms with E-state index in [1.54, 1.807) is 6.33 Å². The summed E-state index contributed by atoms with van der Waals surface area (Å²) in [5, 5.41) is 1.74. The van der Waals surface area contributed by atoms with Gasteiger partial charge in [0.1, 0.15) is 36.4 Å². The summed E-state index contributed by atoms with van der Waals surface area (Å²) in [6.45, 7) is 6.53. The predicted octanol–water partition coefficient (Wildman–Crippen LogP) is 4.51. The monoisotopic (exact) mass is 455 g/mol. The lowest BCUT2D eigenvalue weighted by molar-refractivity contribution is -0.211. The number of hydrogen-bond donors (Lipinski definition) is 0. The lowest BCUT2D eigenvalue weighted by Crippen LogP contribution is -2.35. The number of nitrogens with zero attached hydrogens (tertiary/aromatic N) is 3. The van der Waals surface area contributed by atoms with Crippen LogP contribution >= 0.6 is 11.6 Å². The predicted molar refractivity (Wildman–Crippen MR) is 118 cm³/mol. The first-order valence-electron chi connectivity index (χ1n) is 11.1. The first kappa shape index (κ1) is 20.6. The minimum absolute atomic E-state index is 0.266. The highest BCUT2D eigenvalue weighted by Gasteiger charge is 2.58. The quantitative estimate of drug-likeness (QED) is 0.566. The zero-order valence-corrected chi connectivity index (χ0v) is 19.1. The van der Waals surface area contributed by atoms with Gasteiger partial charge in [0.15, 0.2) is 12.0 Å². The van der Waals surface area contributed by atoms with Crippen LogP contribution in [-0.4, -0.2) is 45.2 Å². The molecule has 3 aliphatic heterocycles. The summed E-state index contributed by atoms with van der Waals surface area (Å²) >= 11 is 6.29. The maximum atomic E-state index is 6.69. The van der Waals surface area contributed by atoms with Crippen LogP contribution in [0.3, 0.4) is 0 Å². The van der Waals surface area contributed by atoms with E-state index < -0.39 is 5.79 Å². The number of aromatic nitrogens is 3. The fraction of sp³-hybridized carbons (Fsp3) is 0.500. The summed E-state index contributed by atoms with van der Waals surface area (Å²) in [7, 11) is 0. The molecule has 8 heteroatoms. The minimum atomic E-state index is -0.711. The van der Waals surface area contributed by atoms with Crippen molar-refractivity contribution in [1.82, 2.24) is 14.5 Å². The fourth-order valence-electron chi connectivity index (χ4n) is 5.28. The molecule has 2 fully saturated rings. The van der Waals surface area contributed by atoms with Crippen LogP contribution in [0.25, 0.3) is 11.0 Å². The van der Waals surface area contributed by atoms with E-state index in [0.29, 0.717) is 6.61 Å². The second-order valence-electron chi connectivity index (χ2n) is 9.21. The molecule has 5 heterocycles. The third kappa shape index (κ3) is 3.26. The van der Waals surface area contributed by atoms with Gasteiger partial charge in [0.25, 0.3) is 0 Å². The van der Waals surface area contributed by atoms with E-state index in [4.69, 9.17) is 30.5 Å². The van der Waals surface area contributed by atoms with E-state index in [1.165, 1.54) is 5.56 Å². The largest absolute Gasteiger partial charge is 0.371 e. The van der Waals surface area contributed by atoms with Gasteiger partial charge in [-0.15, -0.1) is 0 Å². The van der Waals surface area contributed by atoms with Gasteiger partial charge in [-0.05, 0) is 62.9 Å². The minimum Gasteiger partial charge on any atom is -0.371 e. The van der Waals surface area contributed by atoms with Gasteiger partial charge in [-0.1, -0.05) is 17.7 Å². The summed E-state index contributed by atoms with van der Waals surface area (Å²) in [4.78, 5) is 8.84. The molecule has 168 valence electrons. The van der Waals surface area contributed by atoms with Gasteiger partial charge in [0.2, 0.25) is 0 Å². The van der Waals surface area contributed by atoms with Crippen molar-refractivity contribution in [2.24, 2.45) is 0 Å². The second-order valence-corrected chi connectivity index (χ2v) is 9.65. The van der Waals surface area contributed by atoms with Gasteiger partial charge in [0.05, 0.1) is 5.69 Å². The van der Waals surface area contributed by atoms with Crippen molar-refractivity contribution in [2.45, 2.75) is 70.0 Å². The van der Waals surface area contributed by atoms with Gasteiger partial charge in [-0.25, -0.2) is 9.97 Å². The summed E-state index contributed by atoms with van der Waals surface area (Å²) in [6, 6.07) is 8.04. The molecule has 5 atom stereocenters.